The predicted molar refractivity (Wildman–Crippen MR) is 158 cm³/mol. The molecule has 1 unspecified atom stereocenters. The van der Waals surface area contributed by atoms with Crippen molar-refractivity contribution in [3.05, 3.63) is 126 Å². The Morgan fingerprint density at radius 3 is 1.98 bits per heavy atom. The van der Waals surface area contributed by atoms with E-state index in [9.17, 15) is 19.8 Å². The second kappa shape index (κ2) is 12.7. The molecule has 1 aromatic heterocycles. The third-order valence-corrected chi connectivity index (χ3v) is 6.94. The lowest BCUT2D eigenvalue weighted by molar-refractivity contribution is -0.171. The molecule has 0 bridgehead atoms. The van der Waals surface area contributed by atoms with E-state index in [1.54, 1.807) is 16.8 Å². The first kappa shape index (κ1) is 28.5. The van der Waals surface area contributed by atoms with Crippen LogP contribution in [0.3, 0.4) is 0 Å². The molecule has 42 heavy (non-hydrogen) atoms. The van der Waals surface area contributed by atoms with Crippen molar-refractivity contribution in [2.45, 2.75) is 18.7 Å². The third-order valence-electron chi connectivity index (χ3n) is 6.94. The molecule has 1 atom stereocenters. The van der Waals surface area contributed by atoms with Gasteiger partial charge >= 0.3 is 11.9 Å². The fraction of sp³-hybridized carbons (Fsp3) is 0.182. The number of methoxy groups -OCH3 is 1. The maximum atomic E-state index is 13.0. The van der Waals surface area contributed by atoms with Crippen molar-refractivity contribution in [2.75, 3.05) is 25.2 Å². The number of ether oxygens (including phenoxy) is 2. The van der Waals surface area contributed by atoms with Crippen molar-refractivity contribution in [1.82, 2.24) is 9.78 Å². The normalized spacial score (nSPS) is 12.5. The van der Waals surface area contributed by atoms with Gasteiger partial charge in [0.05, 0.1) is 24.9 Å². The van der Waals surface area contributed by atoms with Crippen LogP contribution in [0.2, 0.25) is 0 Å². The summed E-state index contributed by atoms with van der Waals surface area (Å²) in [6, 6.07) is 35.7. The number of aliphatic hydroxyl groups excluding tert-OH is 1. The number of aromatic nitrogens is 2. The van der Waals surface area contributed by atoms with Crippen molar-refractivity contribution in [1.29, 1.82) is 0 Å². The zero-order valence-electron chi connectivity index (χ0n) is 23.1. The summed E-state index contributed by atoms with van der Waals surface area (Å²) in [7, 11) is 1.06. The Kier molecular flexibility index (Phi) is 8.61. The SMILES string of the molecule is COC(=O)C(O)(CO)COC(=O)c1nn(-c2ccc(N(Cc3ccccc3)Cc3ccccc3)cc2)c2ccccc12. The number of carbonyl (C=O) groups excluding carboxylic acids is 2. The molecule has 0 saturated carbocycles. The molecule has 0 amide bonds. The number of anilines is 1. The van der Waals surface area contributed by atoms with Gasteiger partial charge < -0.3 is 24.6 Å². The largest absolute Gasteiger partial charge is 0.467 e. The van der Waals surface area contributed by atoms with Gasteiger partial charge in [0.2, 0.25) is 5.60 Å². The Balaban J connectivity index is 1.42. The number of rotatable bonds is 11. The first-order chi connectivity index (χ1) is 20.4. The Morgan fingerprint density at radius 2 is 1.40 bits per heavy atom. The number of esters is 2. The number of para-hydroxylation sites is 1. The van der Waals surface area contributed by atoms with Crippen LogP contribution in [0.5, 0.6) is 0 Å². The van der Waals surface area contributed by atoms with Gasteiger partial charge in [-0.25, -0.2) is 14.3 Å². The van der Waals surface area contributed by atoms with Crippen molar-refractivity contribution < 1.29 is 29.3 Å². The summed E-state index contributed by atoms with van der Waals surface area (Å²) in [5.74, 6) is -1.96. The minimum Gasteiger partial charge on any atom is -0.467 e. The minimum atomic E-state index is -2.37. The highest BCUT2D eigenvalue weighted by Gasteiger charge is 2.39. The Morgan fingerprint density at radius 1 is 0.833 bits per heavy atom. The van der Waals surface area contributed by atoms with E-state index < -0.39 is 30.8 Å². The quantitative estimate of drug-likeness (QED) is 0.228. The number of hydrogen-bond acceptors (Lipinski definition) is 8. The Bertz CT molecular complexity index is 1610. The van der Waals surface area contributed by atoms with Crippen LogP contribution in [0.4, 0.5) is 5.69 Å². The van der Waals surface area contributed by atoms with Crippen molar-refractivity contribution in [3.63, 3.8) is 0 Å². The summed E-state index contributed by atoms with van der Waals surface area (Å²) in [4.78, 5) is 27.2. The van der Waals surface area contributed by atoms with Gasteiger partial charge in [-0.05, 0) is 41.5 Å². The summed E-state index contributed by atoms with van der Waals surface area (Å²) < 4.78 is 11.3. The molecule has 0 aliphatic heterocycles. The summed E-state index contributed by atoms with van der Waals surface area (Å²) >= 11 is 0. The van der Waals surface area contributed by atoms with Crippen LogP contribution < -0.4 is 4.90 Å². The molecule has 214 valence electrons. The van der Waals surface area contributed by atoms with E-state index in [1.807, 2.05) is 72.8 Å². The van der Waals surface area contributed by atoms with Crippen LogP contribution in [-0.4, -0.2) is 57.9 Å². The van der Waals surface area contributed by atoms with Gasteiger partial charge in [0.15, 0.2) is 5.69 Å². The molecule has 0 aliphatic carbocycles. The van der Waals surface area contributed by atoms with Gasteiger partial charge in [-0.1, -0.05) is 78.9 Å². The van der Waals surface area contributed by atoms with E-state index in [1.165, 1.54) is 11.1 Å². The predicted octanol–water partition coefficient (Wildman–Crippen LogP) is 4.29. The zero-order valence-corrected chi connectivity index (χ0v) is 23.1. The van der Waals surface area contributed by atoms with Gasteiger partial charge in [-0.2, -0.15) is 5.10 Å². The molecule has 0 fully saturated rings. The lowest BCUT2D eigenvalue weighted by Gasteiger charge is -2.25. The topological polar surface area (TPSA) is 114 Å². The second-order valence-electron chi connectivity index (χ2n) is 9.88. The van der Waals surface area contributed by atoms with E-state index in [0.717, 1.165) is 31.6 Å². The average molecular weight is 566 g/mol. The van der Waals surface area contributed by atoms with Gasteiger partial charge in [0.1, 0.15) is 6.61 Å². The maximum Gasteiger partial charge on any atom is 0.359 e. The lowest BCUT2D eigenvalue weighted by atomic mass is 10.1. The van der Waals surface area contributed by atoms with Crippen LogP contribution in [0.15, 0.2) is 109 Å². The van der Waals surface area contributed by atoms with E-state index in [0.29, 0.717) is 10.9 Å². The van der Waals surface area contributed by atoms with Gasteiger partial charge in [0, 0.05) is 24.2 Å². The highest BCUT2D eigenvalue weighted by Crippen LogP contribution is 2.26. The smallest absolute Gasteiger partial charge is 0.359 e. The van der Waals surface area contributed by atoms with Crippen LogP contribution in [0.25, 0.3) is 16.6 Å². The van der Waals surface area contributed by atoms with Crippen LogP contribution in [0, 0.1) is 0 Å². The second-order valence-corrected chi connectivity index (χ2v) is 9.88. The van der Waals surface area contributed by atoms with Gasteiger partial charge in [-0.15, -0.1) is 0 Å². The number of nitrogens with zero attached hydrogens (tertiary/aromatic N) is 3. The van der Waals surface area contributed by atoms with Crippen molar-refractivity contribution >= 4 is 28.5 Å². The lowest BCUT2D eigenvalue weighted by Crippen LogP contribution is -2.48. The number of benzene rings is 4. The highest BCUT2D eigenvalue weighted by atomic mass is 16.6. The molecule has 1 heterocycles. The molecule has 0 aliphatic rings. The first-order valence-corrected chi connectivity index (χ1v) is 13.4. The molecule has 9 heteroatoms. The molecular formula is C33H31N3O6. The number of hydrogen-bond donors (Lipinski definition) is 2. The molecule has 0 spiro atoms. The minimum absolute atomic E-state index is 0.00890. The number of aliphatic hydroxyl groups is 2. The molecule has 5 aromatic rings. The van der Waals surface area contributed by atoms with E-state index in [-0.39, 0.29) is 5.69 Å². The summed E-state index contributed by atoms with van der Waals surface area (Å²) in [5, 5.41) is 24.8. The van der Waals surface area contributed by atoms with Crippen molar-refractivity contribution in [3.8, 4) is 5.69 Å². The molecular weight excluding hydrogens is 534 g/mol. The molecule has 2 N–H and O–H groups in total. The average Bonchev–Trinajstić information content (AvgIpc) is 3.44. The van der Waals surface area contributed by atoms with Crippen LogP contribution >= 0.6 is 0 Å². The van der Waals surface area contributed by atoms with Gasteiger partial charge in [-0.3, -0.25) is 0 Å². The molecule has 0 saturated heterocycles. The summed E-state index contributed by atoms with van der Waals surface area (Å²) in [6.07, 6.45) is 0. The molecule has 9 nitrogen and oxygen atoms in total. The number of carbonyl (C=O) groups is 2. The molecule has 4 aromatic carbocycles. The maximum absolute atomic E-state index is 13.0. The van der Waals surface area contributed by atoms with E-state index >= 15 is 0 Å². The fourth-order valence-electron chi connectivity index (χ4n) is 4.68. The summed E-state index contributed by atoms with van der Waals surface area (Å²) in [6.45, 7) is -0.313. The fourth-order valence-corrected chi connectivity index (χ4v) is 4.68. The third kappa shape index (κ3) is 6.17. The Hall–Kier alpha value is -4.99. The molecule has 5 rings (SSSR count). The standard InChI is InChI=1S/C33H31N3O6/c1-41-32(39)33(40,22-37)23-42-31(38)30-28-14-8-9-15-29(28)36(34-30)27-18-16-26(17-19-27)35(20-24-10-4-2-5-11-24)21-25-12-6-3-7-13-25/h2-19,37,40H,20-23H2,1H3. The van der Waals surface area contributed by atoms with Crippen molar-refractivity contribution in [2.24, 2.45) is 0 Å². The first-order valence-electron chi connectivity index (χ1n) is 13.4. The van der Waals surface area contributed by atoms with E-state index in [4.69, 9.17) is 4.74 Å². The van der Waals surface area contributed by atoms with E-state index in [2.05, 4.69) is 39.0 Å². The Labute approximate surface area is 243 Å². The highest BCUT2D eigenvalue weighted by molar-refractivity contribution is 6.02. The van der Waals surface area contributed by atoms with Crippen LogP contribution in [-0.2, 0) is 27.4 Å². The van der Waals surface area contributed by atoms with Gasteiger partial charge in [0.25, 0.3) is 0 Å². The van der Waals surface area contributed by atoms with Crippen LogP contribution in [0.1, 0.15) is 21.6 Å². The zero-order chi connectivity index (χ0) is 29.5. The number of fused-ring (bicyclic) bond motifs is 1. The molecule has 0 radical (unpaired) electrons. The summed E-state index contributed by atoms with van der Waals surface area (Å²) in [5.41, 5.74) is 2.45. The monoisotopic (exact) mass is 565 g/mol.